The summed E-state index contributed by atoms with van der Waals surface area (Å²) in [6.45, 7) is 0. The summed E-state index contributed by atoms with van der Waals surface area (Å²) in [4.78, 5) is 12.0. The van der Waals surface area contributed by atoms with Gasteiger partial charge in [-0.05, 0) is 47.9 Å². The van der Waals surface area contributed by atoms with Crippen LogP contribution in [0.1, 0.15) is 17.5 Å². The molecule has 0 bridgehead atoms. The largest absolute Gasteiger partial charge is 0.504 e. The minimum atomic E-state index is -0.213. The van der Waals surface area contributed by atoms with Crippen LogP contribution in [0.4, 0.5) is 0 Å². The molecule has 0 saturated carbocycles. The third-order valence-corrected chi connectivity index (χ3v) is 3.57. The van der Waals surface area contributed by atoms with E-state index in [4.69, 9.17) is 9.47 Å². The maximum atomic E-state index is 12.0. The molecule has 2 rings (SSSR count). The van der Waals surface area contributed by atoms with Gasteiger partial charge in [-0.1, -0.05) is 18.2 Å². The van der Waals surface area contributed by atoms with Crippen LogP contribution in [0, 0.1) is 0 Å². The van der Waals surface area contributed by atoms with E-state index in [9.17, 15) is 15.0 Å². The lowest BCUT2D eigenvalue weighted by atomic mass is 10.1. The zero-order valence-electron chi connectivity index (χ0n) is 13.7. The summed E-state index contributed by atoms with van der Waals surface area (Å²) >= 11 is 0. The van der Waals surface area contributed by atoms with Crippen LogP contribution >= 0.6 is 0 Å². The fraction of sp³-hybridized carbons (Fsp3) is 0.211. The fourth-order valence-corrected chi connectivity index (χ4v) is 2.22. The van der Waals surface area contributed by atoms with Crippen LogP contribution in [0.25, 0.3) is 6.08 Å². The smallest absolute Gasteiger partial charge is 0.160 e. The molecule has 0 heterocycles. The number of ketones is 1. The molecule has 2 aromatic rings. The van der Waals surface area contributed by atoms with E-state index in [0.717, 1.165) is 5.56 Å². The summed E-state index contributed by atoms with van der Waals surface area (Å²) in [5.74, 6) is 0.858. The third-order valence-electron chi connectivity index (χ3n) is 3.57. The number of rotatable bonds is 7. The van der Waals surface area contributed by atoms with E-state index < -0.39 is 0 Å². The van der Waals surface area contributed by atoms with Crippen LogP contribution in [0.3, 0.4) is 0 Å². The Labute approximate surface area is 140 Å². The highest BCUT2D eigenvalue weighted by atomic mass is 16.5. The Balaban J connectivity index is 1.95. The maximum Gasteiger partial charge on any atom is 0.160 e. The number of ether oxygens (including phenoxy) is 2. The average molecular weight is 328 g/mol. The molecule has 2 aromatic carbocycles. The van der Waals surface area contributed by atoms with E-state index >= 15 is 0 Å². The van der Waals surface area contributed by atoms with Gasteiger partial charge in [0.1, 0.15) is 0 Å². The number of aromatic hydroxyl groups is 2. The number of phenolic OH excluding ortho intramolecular Hbond substituents is 2. The van der Waals surface area contributed by atoms with Crippen LogP contribution in [0.15, 0.2) is 42.5 Å². The molecule has 0 spiro atoms. The number of carbonyl (C=O) groups excluding carboxylic acids is 1. The Morgan fingerprint density at radius 2 is 1.75 bits per heavy atom. The Kier molecular flexibility index (Phi) is 5.84. The van der Waals surface area contributed by atoms with Gasteiger partial charge in [-0.25, -0.2) is 0 Å². The second kappa shape index (κ2) is 8.06. The van der Waals surface area contributed by atoms with Crippen molar-refractivity contribution in [3.63, 3.8) is 0 Å². The molecule has 5 heteroatoms. The van der Waals surface area contributed by atoms with Gasteiger partial charge in [-0.15, -0.1) is 0 Å². The lowest BCUT2D eigenvalue weighted by Crippen LogP contribution is -1.97. The van der Waals surface area contributed by atoms with Crippen molar-refractivity contribution in [1.29, 1.82) is 0 Å². The van der Waals surface area contributed by atoms with E-state index in [1.165, 1.54) is 18.2 Å². The van der Waals surface area contributed by atoms with Crippen molar-refractivity contribution in [3.05, 3.63) is 53.6 Å². The van der Waals surface area contributed by atoms with Crippen LogP contribution in [0.2, 0.25) is 0 Å². The molecule has 0 amide bonds. The zero-order chi connectivity index (χ0) is 17.5. The van der Waals surface area contributed by atoms with Gasteiger partial charge in [0.15, 0.2) is 28.8 Å². The first-order chi connectivity index (χ1) is 11.5. The first-order valence-electron chi connectivity index (χ1n) is 7.47. The second-order valence-electron chi connectivity index (χ2n) is 5.24. The summed E-state index contributed by atoms with van der Waals surface area (Å²) in [6, 6.07) is 9.96. The number of aryl methyl sites for hydroxylation is 1. The van der Waals surface area contributed by atoms with Crippen LogP contribution in [-0.2, 0) is 11.2 Å². The number of phenols is 2. The van der Waals surface area contributed by atoms with Gasteiger partial charge in [0, 0.05) is 6.42 Å². The van der Waals surface area contributed by atoms with Gasteiger partial charge in [0.05, 0.1) is 14.2 Å². The average Bonchev–Trinajstić information content (AvgIpc) is 2.60. The second-order valence-corrected chi connectivity index (χ2v) is 5.24. The van der Waals surface area contributed by atoms with Crippen LogP contribution < -0.4 is 9.47 Å². The molecule has 2 N–H and O–H groups in total. The number of hydrogen-bond acceptors (Lipinski definition) is 5. The highest BCUT2D eigenvalue weighted by Gasteiger charge is 2.06. The zero-order valence-corrected chi connectivity index (χ0v) is 13.7. The SMILES string of the molecule is COc1ccc(CCC(=O)/C=C/c2ccc(O)c(O)c2)cc1OC. The lowest BCUT2D eigenvalue weighted by molar-refractivity contribution is -0.114. The van der Waals surface area contributed by atoms with E-state index in [-0.39, 0.29) is 17.3 Å². The molecular weight excluding hydrogens is 308 g/mol. The van der Waals surface area contributed by atoms with Crippen molar-refractivity contribution >= 4 is 11.9 Å². The molecular formula is C19H20O5. The van der Waals surface area contributed by atoms with Crippen molar-refractivity contribution in [2.75, 3.05) is 14.2 Å². The van der Waals surface area contributed by atoms with Gasteiger partial charge >= 0.3 is 0 Å². The standard InChI is InChI=1S/C19H20O5/c1-23-18-10-6-14(12-19(18)24-2)4-8-15(20)7-3-13-5-9-16(21)17(22)11-13/h3,5-7,9-12,21-22H,4,8H2,1-2H3/b7-3+. The molecule has 0 unspecified atom stereocenters. The topological polar surface area (TPSA) is 76.0 Å². The highest BCUT2D eigenvalue weighted by Crippen LogP contribution is 2.28. The summed E-state index contributed by atoms with van der Waals surface area (Å²) in [7, 11) is 3.15. The minimum Gasteiger partial charge on any atom is -0.504 e. The summed E-state index contributed by atoms with van der Waals surface area (Å²) in [5.41, 5.74) is 1.63. The summed E-state index contributed by atoms with van der Waals surface area (Å²) in [5, 5.41) is 18.7. The van der Waals surface area contributed by atoms with E-state index in [1.807, 2.05) is 18.2 Å². The number of allylic oxidation sites excluding steroid dienone is 1. The van der Waals surface area contributed by atoms with Crippen molar-refractivity contribution in [3.8, 4) is 23.0 Å². The quantitative estimate of drug-likeness (QED) is 0.602. The predicted molar refractivity (Wildman–Crippen MR) is 91.7 cm³/mol. The van der Waals surface area contributed by atoms with Crippen molar-refractivity contribution in [2.24, 2.45) is 0 Å². The maximum absolute atomic E-state index is 12.0. The van der Waals surface area contributed by atoms with Gasteiger partial charge in [0.25, 0.3) is 0 Å². The molecule has 0 atom stereocenters. The predicted octanol–water partition coefficient (Wildman–Crippen LogP) is 3.33. The summed E-state index contributed by atoms with van der Waals surface area (Å²) < 4.78 is 10.4. The molecule has 0 aliphatic rings. The molecule has 0 fully saturated rings. The Morgan fingerprint density at radius 1 is 1.00 bits per heavy atom. The van der Waals surface area contributed by atoms with Crippen LogP contribution in [-0.4, -0.2) is 30.2 Å². The van der Waals surface area contributed by atoms with E-state index in [0.29, 0.717) is 29.9 Å². The molecule has 0 aliphatic heterocycles. The summed E-state index contributed by atoms with van der Waals surface area (Å²) in [6.07, 6.45) is 4.02. The highest BCUT2D eigenvalue weighted by molar-refractivity contribution is 5.93. The molecule has 0 saturated heterocycles. The van der Waals surface area contributed by atoms with E-state index in [1.54, 1.807) is 26.4 Å². The Hall–Kier alpha value is -2.95. The molecule has 0 aliphatic carbocycles. The Morgan fingerprint density at radius 3 is 2.42 bits per heavy atom. The number of methoxy groups -OCH3 is 2. The molecule has 24 heavy (non-hydrogen) atoms. The molecule has 0 aromatic heterocycles. The molecule has 126 valence electrons. The monoisotopic (exact) mass is 328 g/mol. The van der Waals surface area contributed by atoms with E-state index in [2.05, 4.69) is 0 Å². The number of hydrogen-bond donors (Lipinski definition) is 2. The van der Waals surface area contributed by atoms with Gasteiger partial charge in [-0.3, -0.25) is 4.79 Å². The van der Waals surface area contributed by atoms with Crippen molar-refractivity contribution in [2.45, 2.75) is 12.8 Å². The van der Waals surface area contributed by atoms with Gasteiger partial charge < -0.3 is 19.7 Å². The lowest BCUT2D eigenvalue weighted by Gasteiger charge is -2.09. The third kappa shape index (κ3) is 4.52. The Bertz CT molecular complexity index is 749. The van der Waals surface area contributed by atoms with Crippen molar-refractivity contribution < 1.29 is 24.5 Å². The van der Waals surface area contributed by atoms with Crippen molar-refractivity contribution in [1.82, 2.24) is 0 Å². The number of benzene rings is 2. The first kappa shape index (κ1) is 17.4. The molecule has 5 nitrogen and oxygen atoms in total. The normalized spacial score (nSPS) is 10.8. The minimum absolute atomic E-state index is 0.0302. The fourth-order valence-electron chi connectivity index (χ4n) is 2.22. The first-order valence-corrected chi connectivity index (χ1v) is 7.47. The van der Waals surface area contributed by atoms with Crippen LogP contribution in [0.5, 0.6) is 23.0 Å². The number of carbonyl (C=O) groups is 1. The molecule has 0 radical (unpaired) electrons. The van der Waals surface area contributed by atoms with Gasteiger partial charge in [-0.2, -0.15) is 0 Å². The van der Waals surface area contributed by atoms with Gasteiger partial charge in [0.2, 0.25) is 0 Å².